The maximum absolute atomic E-state index is 12.1. The van der Waals surface area contributed by atoms with Crippen LogP contribution in [0.25, 0.3) is 0 Å². The minimum atomic E-state index is 0.0375. The number of aromatic nitrogens is 2. The lowest BCUT2D eigenvalue weighted by Crippen LogP contribution is -2.49. The number of carbonyl (C=O) groups is 1. The van der Waals surface area contributed by atoms with E-state index >= 15 is 0 Å². The Morgan fingerprint density at radius 1 is 1.62 bits per heavy atom. The molecular formula is C11H18N4O. The van der Waals surface area contributed by atoms with Crippen molar-refractivity contribution in [3.63, 3.8) is 0 Å². The van der Waals surface area contributed by atoms with Crippen molar-refractivity contribution < 1.29 is 4.79 Å². The van der Waals surface area contributed by atoms with Crippen molar-refractivity contribution in [2.75, 3.05) is 13.1 Å². The molecule has 1 aromatic heterocycles. The first kappa shape index (κ1) is 11.1. The maximum atomic E-state index is 12.1. The molecule has 0 saturated carbocycles. The Morgan fingerprint density at radius 2 is 2.38 bits per heavy atom. The minimum Gasteiger partial charge on any atom is -0.337 e. The second kappa shape index (κ2) is 4.25. The molecule has 5 nitrogen and oxygen atoms in total. The predicted octanol–water partition coefficient (Wildman–Crippen LogP) is 0.229. The summed E-state index contributed by atoms with van der Waals surface area (Å²) in [6, 6.07) is 0.0920. The van der Waals surface area contributed by atoms with Crippen LogP contribution in [0.3, 0.4) is 0 Å². The van der Waals surface area contributed by atoms with Crippen molar-refractivity contribution >= 4 is 5.91 Å². The van der Waals surface area contributed by atoms with Crippen LogP contribution in [0.2, 0.25) is 0 Å². The molecule has 0 spiro atoms. The van der Waals surface area contributed by atoms with Crippen molar-refractivity contribution in [3.05, 3.63) is 18.0 Å². The van der Waals surface area contributed by atoms with Crippen molar-refractivity contribution in [2.45, 2.75) is 19.4 Å². The Labute approximate surface area is 95.2 Å². The van der Waals surface area contributed by atoms with Gasteiger partial charge >= 0.3 is 0 Å². The molecule has 88 valence electrons. The molecule has 1 aliphatic rings. The number of nitrogens with two attached hydrogens (primary N) is 1. The van der Waals surface area contributed by atoms with Crippen LogP contribution >= 0.6 is 0 Å². The normalized spacial score (nSPS) is 25.8. The highest BCUT2D eigenvalue weighted by molar-refractivity contribution is 5.93. The van der Waals surface area contributed by atoms with Gasteiger partial charge in [-0.3, -0.25) is 9.48 Å². The second-order valence-corrected chi connectivity index (χ2v) is 4.58. The number of likely N-dealkylation sites (tertiary alicyclic amines) is 1. The molecule has 2 heterocycles. The Hall–Kier alpha value is -1.36. The maximum Gasteiger partial charge on any atom is 0.257 e. The smallest absolute Gasteiger partial charge is 0.257 e. The Morgan fingerprint density at radius 3 is 2.94 bits per heavy atom. The molecule has 2 rings (SSSR count). The summed E-state index contributed by atoms with van der Waals surface area (Å²) in [7, 11) is 1.81. The van der Waals surface area contributed by atoms with E-state index < -0.39 is 0 Å². The number of carbonyl (C=O) groups excluding carboxylic acids is 1. The average molecular weight is 222 g/mol. The van der Waals surface area contributed by atoms with Crippen LogP contribution in [0, 0.1) is 5.92 Å². The van der Waals surface area contributed by atoms with Crippen molar-refractivity contribution in [1.29, 1.82) is 0 Å². The summed E-state index contributed by atoms with van der Waals surface area (Å²) in [4.78, 5) is 13.9. The summed E-state index contributed by atoms with van der Waals surface area (Å²) in [5, 5.41) is 4.00. The van der Waals surface area contributed by atoms with Gasteiger partial charge in [-0.2, -0.15) is 5.10 Å². The third-order valence-corrected chi connectivity index (χ3v) is 3.26. The average Bonchev–Trinajstić information content (AvgIpc) is 2.68. The standard InChI is InChI=1S/C11H18N4O/c1-8-3-4-15(7-10(8)12)11(16)9-5-13-14(2)6-9/h5-6,8,10H,3-4,7,12H2,1-2H3. The lowest BCUT2D eigenvalue weighted by molar-refractivity contribution is 0.0672. The first-order valence-corrected chi connectivity index (χ1v) is 5.61. The van der Waals surface area contributed by atoms with Gasteiger partial charge in [-0.05, 0) is 12.3 Å². The molecule has 1 fully saturated rings. The molecule has 0 radical (unpaired) electrons. The van der Waals surface area contributed by atoms with E-state index in [-0.39, 0.29) is 11.9 Å². The van der Waals surface area contributed by atoms with Gasteiger partial charge in [-0.15, -0.1) is 0 Å². The van der Waals surface area contributed by atoms with Gasteiger partial charge in [0.05, 0.1) is 11.8 Å². The molecule has 16 heavy (non-hydrogen) atoms. The van der Waals surface area contributed by atoms with Crippen molar-refractivity contribution in [1.82, 2.24) is 14.7 Å². The van der Waals surface area contributed by atoms with Gasteiger partial charge in [-0.1, -0.05) is 6.92 Å². The fourth-order valence-electron chi connectivity index (χ4n) is 2.00. The fourth-order valence-corrected chi connectivity index (χ4v) is 2.00. The summed E-state index contributed by atoms with van der Waals surface area (Å²) in [5.41, 5.74) is 6.62. The molecule has 5 heteroatoms. The Kier molecular flexibility index (Phi) is 2.96. The third kappa shape index (κ3) is 2.09. The lowest BCUT2D eigenvalue weighted by atomic mass is 9.94. The van der Waals surface area contributed by atoms with Gasteiger partial charge in [0.1, 0.15) is 0 Å². The first-order chi connectivity index (χ1) is 7.58. The molecule has 1 aromatic rings. The molecule has 0 bridgehead atoms. The molecule has 0 aromatic carbocycles. The fraction of sp³-hybridized carbons (Fsp3) is 0.636. The summed E-state index contributed by atoms with van der Waals surface area (Å²) in [6.07, 6.45) is 4.32. The van der Waals surface area contributed by atoms with Crippen molar-refractivity contribution in [3.8, 4) is 0 Å². The summed E-state index contributed by atoms with van der Waals surface area (Å²) in [5.74, 6) is 0.536. The number of hydrogen-bond acceptors (Lipinski definition) is 3. The van der Waals surface area contributed by atoms with Crippen molar-refractivity contribution in [2.24, 2.45) is 18.7 Å². The topological polar surface area (TPSA) is 64.2 Å². The van der Waals surface area contributed by atoms with Gasteiger partial charge in [0, 0.05) is 32.4 Å². The molecule has 2 unspecified atom stereocenters. The van der Waals surface area contributed by atoms with Crippen LogP contribution in [0.4, 0.5) is 0 Å². The second-order valence-electron chi connectivity index (χ2n) is 4.58. The lowest BCUT2D eigenvalue weighted by Gasteiger charge is -2.34. The van der Waals surface area contributed by atoms with Gasteiger partial charge in [0.2, 0.25) is 0 Å². The highest BCUT2D eigenvalue weighted by atomic mass is 16.2. The number of aryl methyl sites for hydroxylation is 1. The van der Waals surface area contributed by atoms with E-state index in [2.05, 4.69) is 12.0 Å². The zero-order chi connectivity index (χ0) is 11.7. The molecule has 1 saturated heterocycles. The third-order valence-electron chi connectivity index (χ3n) is 3.26. The molecule has 1 amide bonds. The van der Waals surface area contributed by atoms with E-state index in [9.17, 15) is 4.79 Å². The SMILES string of the molecule is CC1CCN(C(=O)c2cnn(C)c2)CC1N. The van der Waals surface area contributed by atoms with Crippen LogP contribution in [-0.2, 0) is 7.05 Å². The zero-order valence-electron chi connectivity index (χ0n) is 9.76. The van der Waals surface area contributed by atoms with Crippen LogP contribution in [0.5, 0.6) is 0 Å². The largest absolute Gasteiger partial charge is 0.337 e. The molecule has 0 aliphatic carbocycles. The molecule has 2 atom stereocenters. The van der Waals surface area contributed by atoms with E-state index in [4.69, 9.17) is 5.73 Å². The van der Waals surface area contributed by atoms with Crippen LogP contribution in [0.1, 0.15) is 23.7 Å². The van der Waals surface area contributed by atoms with Gasteiger partial charge < -0.3 is 10.6 Å². The summed E-state index contributed by atoms with van der Waals surface area (Å²) >= 11 is 0. The number of nitrogens with zero attached hydrogens (tertiary/aromatic N) is 3. The van der Waals surface area contributed by atoms with Gasteiger partial charge in [0.25, 0.3) is 5.91 Å². The Bertz CT molecular complexity index is 387. The van der Waals surface area contributed by atoms with Crippen LogP contribution in [0.15, 0.2) is 12.4 Å². The van der Waals surface area contributed by atoms with E-state index in [0.717, 1.165) is 13.0 Å². The monoisotopic (exact) mass is 222 g/mol. The Balaban J connectivity index is 2.06. The van der Waals surface area contributed by atoms with Gasteiger partial charge in [0.15, 0.2) is 0 Å². The van der Waals surface area contributed by atoms with Gasteiger partial charge in [-0.25, -0.2) is 0 Å². The van der Waals surface area contributed by atoms with E-state index in [1.807, 2.05) is 4.90 Å². The van der Waals surface area contributed by atoms with E-state index in [1.165, 1.54) is 0 Å². The number of hydrogen-bond donors (Lipinski definition) is 1. The number of piperidine rings is 1. The highest BCUT2D eigenvalue weighted by Crippen LogP contribution is 2.17. The van der Waals surface area contributed by atoms with Crippen LogP contribution < -0.4 is 5.73 Å². The summed E-state index contributed by atoms with van der Waals surface area (Å²) < 4.78 is 1.64. The molecule has 1 aliphatic heterocycles. The van der Waals surface area contributed by atoms with Crippen LogP contribution in [-0.4, -0.2) is 39.7 Å². The highest BCUT2D eigenvalue weighted by Gasteiger charge is 2.27. The molecule has 2 N–H and O–H groups in total. The number of amides is 1. The summed E-state index contributed by atoms with van der Waals surface area (Å²) in [6.45, 7) is 3.58. The minimum absolute atomic E-state index is 0.0375. The predicted molar refractivity (Wildman–Crippen MR) is 60.9 cm³/mol. The quantitative estimate of drug-likeness (QED) is 0.739. The zero-order valence-corrected chi connectivity index (χ0v) is 9.76. The van der Waals surface area contributed by atoms with E-state index in [0.29, 0.717) is 18.0 Å². The first-order valence-electron chi connectivity index (χ1n) is 5.61. The number of rotatable bonds is 1. The van der Waals surface area contributed by atoms with E-state index in [1.54, 1.807) is 24.1 Å². The molecular weight excluding hydrogens is 204 g/mol.